The molecule has 0 aliphatic rings. The van der Waals surface area contributed by atoms with Crippen LogP contribution in [0.2, 0.25) is 0 Å². The standard InChI is InChI=1S/C22H25FN4O3/c1-2-27(15-20-25-19-8-4-3-7-18(19)21(28)26-20)22(29)24-13-5-6-14-30-17-11-9-16(23)10-12-17/h3-4,7-12H,2,5-6,13-15H2,1H3,(H,24,29)(H,25,26,28). The Balaban J connectivity index is 1.43. The van der Waals surface area contributed by atoms with Crippen LogP contribution in [0, 0.1) is 5.82 Å². The second kappa shape index (κ2) is 10.4. The van der Waals surface area contributed by atoms with Gasteiger partial charge in [-0.2, -0.15) is 0 Å². The lowest BCUT2D eigenvalue weighted by molar-refractivity contribution is 0.196. The average Bonchev–Trinajstić information content (AvgIpc) is 2.75. The van der Waals surface area contributed by atoms with Crippen LogP contribution >= 0.6 is 0 Å². The van der Waals surface area contributed by atoms with Crippen molar-refractivity contribution in [1.82, 2.24) is 20.2 Å². The summed E-state index contributed by atoms with van der Waals surface area (Å²) in [7, 11) is 0. The molecule has 0 radical (unpaired) electrons. The molecule has 3 aromatic rings. The molecule has 0 bridgehead atoms. The number of unbranched alkanes of at least 4 members (excludes halogenated alkanes) is 1. The fraction of sp³-hybridized carbons (Fsp3) is 0.318. The average molecular weight is 412 g/mol. The number of amides is 2. The molecule has 30 heavy (non-hydrogen) atoms. The molecule has 0 spiro atoms. The van der Waals surface area contributed by atoms with Crippen LogP contribution in [0.4, 0.5) is 9.18 Å². The zero-order valence-electron chi connectivity index (χ0n) is 16.9. The van der Waals surface area contributed by atoms with Gasteiger partial charge in [-0.05, 0) is 56.2 Å². The number of nitrogens with one attached hydrogen (secondary N) is 2. The van der Waals surface area contributed by atoms with E-state index in [0.29, 0.717) is 42.2 Å². The number of carbonyl (C=O) groups excluding carboxylic acids is 1. The normalized spacial score (nSPS) is 10.7. The summed E-state index contributed by atoms with van der Waals surface area (Å²) in [6, 6.07) is 12.8. The van der Waals surface area contributed by atoms with Crippen molar-refractivity contribution in [3.8, 4) is 5.75 Å². The van der Waals surface area contributed by atoms with Crippen molar-refractivity contribution in [2.75, 3.05) is 19.7 Å². The van der Waals surface area contributed by atoms with E-state index < -0.39 is 0 Å². The van der Waals surface area contributed by atoms with Crippen LogP contribution in [0.25, 0.3) is 10.9 Å². The van der Waals surface area contributed by atoms with Crippen LogP contribution in [-0.2, 0) is 6.54 Å². The molecule has 0 fully saturated rings. The number of carbonyl (C=O) groups is 1. The second-order valence-corrected chi connectivity index (χ2v) is 6.79. The van der Waals surface area contributed by atoms with Gasteiger partial charge in [-0.1, -0.05) is 12.1 Å². The topological polar surface area (TPSA) is 87.3 Å². The highest BCUT2D eigenvalue weighted by atomic mass is 19.1. The van der Waals surface area contributed by atoms with E-state index in [0.717, 1.165) is 12.8 Å². The lowest BCUT2D eigenvalue weighted by Crippen LogP contribution is -2.40. The number of benzene rings is 2. The van der Waals surface area contributed by atoms with Gasteiger partial charge in [0.05, 0.1) is 24.1 Å². The van der Waals surface area contributed by atoms with E-state index in [9.17, 15) is 14.0 Å². The molecule has 2 aromatic carbocycles. The quantitative estimate of drug-likeness (QED) is 0.527. The second-order valence-electron chi connectivity index (χ2n) is 6.79. The van der Waals surface area contributed by atoms with Gasteiger partial charge in [-0.15, -0.1) is 0 Å². The number of nitrogens with zero attached hydrogens (tertiary/aromatic N) is 2. The van der Waals surface area contributed by atoms with E-state index in [2.05, 4.69) is 15.3 Å². The molecule has 0 saturated heterocycles. The lowest BCUT2D eigenvalue weighted by Gasteiger charge is -2.21. The minimum Gasteiger partial charge on any atom is -0.494 e. The van der Waals surface area contributed by atoms with E-state index in [4.69, 9.17) is 4.74 Å². The summed E-state index contributed by atoms with van der Waals surface area (Å²) >= 11 is 0. The van der Waals surface area contributed by atoms with Gasteiger partial charge in [-0.25, -0.2) is 14.2 Å². The Labute approximate surface area is 173 Å². The predicted octanol–water partition coefficient (Wildman–Crippen LogP) is 3.45. The van der Waals surface area contributed by atoms with Crippen LogP contribution in [0.5, 0.6) is 5.75 Å². The molecular weight excluding hydrogens is 387 g/mol. The highest BCUT2D eigenvalue weighted by molar-refractivity contribution is 5.77. The van der Waals surface area contributed by atoms with Gasteiger partial charge in [0.1, 0.15) is 17.4 Å². The predicted molar refractivity (Wildman–Crippen MR) is 113 cm³/mol. The van der Waals surface area contributed by atoms with Crippen molar-refractivity contribution in [3.05, 3.63) is 70.5 Å². The Hall–Kier alpha value is -3.42. The number of rotatable bonds is 9. The van der Waals surface area contributed by atoms with E-state index in [1.165, 1.54) is 12.1 Å². The molecule has 3 rings (SSSR count). The molecule has 1 aromatic heterocycles. The van der Waals surface area contributed by atoms with Gasteiger partial charge in [0.15, 0.2) is 0 Å². The van der Waals surface area contributed by atoms with E-state index in [1.54, 1.807) is 35.2 Å². The summed E-state index contributed by atoms with van der Waals surface area (Å²) in [5.41, 5.74) is 0.391. The van der Waals surface area contributed by atoms with Crippen molar-refractivity contribution in [2.45, 2.75) is 26.3 Å². The molecule has 0 aliphatic carbocycles. The van der Waals surface area contributed by atoms with Gasteiger partial charge in [0.2, 0.25) is 0 Å². The molecule has 0 aliphatic heterocycles. The number of fused-ring (bicyclic) bond motifs is 1. The third kappa shape index (κ3) is 5.79. The van der Waals surface area contributed by atoms with Crippen molar-refractivity contribution in [3.63, 3.8) is 0 Å². The largest absolute Gasteiger partial charge is 0.494 e. The molecule has 2 N–H and O–H groups in total. The van der Waals surface area contributed by atoms with Crippen LogP contribution in [-0.4, -0.2) is 40.6 Å². The van der Waals surface area contributed by atoms with E-state index in [1.807, 2.05) is 13.0 Å². The third-order valence-electron chi connectivity index (χ3n) is 4.60. The first-order chi connectivity index (χ1) is 14.6. The number of hydrogen-bond acceptors (Lipinski definition) is 4. The number of aromatic nitrogens is 2. The first-order valence-corrected chi connectivity index (χ1v) is 9.96. The number of H-pyrrole nitrogens is 1. The summed E-state index contributed by atoms with van der Waals surface area (Å²) < 4.78 is 18.4. The number of para-hydroxylation sites is 1. The van der Waals surface area contributed by atoms with Crippen LogP contribution in [0.1, 0.15) is 25.6 Å². The first-order valence-electron chi connectivity index (χ1n) is 9.96. The Morgan fingerprint density at radius 3 is 2.70 bits per heavy atom. The molecule has 0 atom stereocenters. The fourth-order valence-electron chi connectivity index (χ4n) is 2.97. The molecule has 2 amide bonds. The highest BCUT2D eigenvalue weighted by Crippen LogP contribution is 2.11. The molecule has 1 heterocycles. The molecule has 8 heteroatoms. The van der Waals surface area contributed by atoms with Crippen LogP contribution in [0.3, 0.4) is 0 Å². The summed E-state index contributed by atoms with van der Waals surface area (Å²) in [6.07, 6.45) is 1.50. The Bertz CT molecular complexity index is 1040. The molecular formula is C22H25FN4O3. The minimum atomic E-state index is -0.298. The maximum atomic E-state index is 12.9. The highest BCUT2D eigenvalue weighted by Gasteiger charge is 2.13. The number of halogens is 1. The third-order valence-corrected chi connectivity index (χ3v) is 4.60. The number of aromatic amines is 1. The molecule has 0 saturated carbocycles. The lowest BCUT2D eigenvalue weighted by atomic mass is 10.2. The van der Waals surface area contributed by atoms with Gasteiger partial charge >= 0.3 is 6.03 Å². The number of hydrogen-bond donors (Lipinski definition) is 2. The van der Waals surface area contributed by atoms with Gasteiger partial charge in [0, 0.05) is 13.1 Å². The SMILES string of the molecule is CCN(Cc1nc2ccccc2c(=O)[nH]1)C(=O)NCCCCOc1ccc(F)cc1. The first kappa shape index (κ1) is 21.3. The monoisotopic (exact) mass is 412 g/mol. The Kier molecular flexibility index (Phi) is 7.37. The van der Waals surface area contributed by atoms with Gasteiger partial charge in [-0.3, -0.25) is 4.79 Å². The van der Waals surface area contributed by atoms with E-state index in [-0.39, 0.29) is 24.0 Å². The maximum absolute atomic E-state index is 12.9. The minimum absolute atomic E-state index is 0.215. The molecule has 0 unspecified atom stereocenters. The summed E-state index contributed by atoms with van der Waals surface area (Å²) in [6.45, 7) is 3.56. The summed E-state index contributed by atoms with van der Waals surface area (Å²) in [4.78, 5) is 33.4. The van der Waals surface area contributed by atoms with Gasteiger partial charge in [0.25, 0.3) is 5.56 Å². The zero-order valence-corrected chi connectivity index (χ0v) is 16.9. The zero-order chi connectivity index (χ0) is 21.3. The molecule has 7 nitrogen and oxygen atoms in total. The molecule has 158 valence electrons. The maximum Gasteiger partial charge on any atom is 0.317 e. The van der Waals surface area contributed by atoms with Crippen LogP contribution < -0.4 is 15.6 Å². The number of ether oxygens (including phenoxy) is 1. The Morgan fingerprint density at radius 2 is 1.93 bits per heavy atom. The summed E-state index contributed by atoms with van der Waals surface area (Å²) in [5, 5.41) is 3.40. The van der Waals surface area contributed by atoms with Crippen molar-refractivity contribution in [1.29, 1.82) is 0 Å². The van der Waals surface area contributed by atoms with E-state index >= 15 is 0 Å². The Morgan fingerprint density at radius 1 is 1.17 bits per heavy atom. The summed E-state index contributed by atoms with van der Waals surface area (Å²) in [5.74, 6) is 0.770. The van der Waals surface area contributed by atoms with Crippen molar-refractivity contribution < 1.29 is 13.9 Å². The smallest absolute Gasteiger partial charge is 0.317 e. The van der Waals surface area contributed by atoms with Crippen molar-refractivity contribution >= 4 is 16.9 Å². The van der Waals surface area contributed by atoms with Crippen LogP contribution in [0.15, 0.2) is 53.3 Å². The van der Waals surface area contributed by atoms with Gasteiger partial charge < -0.3 is 19.9 Å². The fourth-order valence-corrected chi connectivity index (χ4v) is 2.97. The number of urea groups is 1. The van der Waals surface area contributed by atoms with Crippen molar-refractivity contribution in [2.24, 2.45) is 0 Å².